The number of carbonyl (C=O) groups is 6. The average molecular weight is 1190 g/mol. The number of hydrogen-bond acceptors (Lipinski definition) is 18. The maximum absolute atomic E-state index is 13.4. The van der Waals surface area contributed by atoms with Crippen LogP contribution in [0.1, 0.15) is 142 Å². The first-order valence-electron chi connectivity index (χ1n) is 30.3. The molecule has 2 aromatic carbocycles. The number of nitrogens with one attached hydrogen (secondary N) is 4. The second-order valence-corrected chi connectivity index (χ2v) is 23.1. The smallest absolute Gasteiger partial charge is 0.410 e. The minimum atomic E-state index is -0.660. The van der Waals surface area contributed by atoms with Crippen LogP contribution < -0.4 is 31.1 Å². The van der Waals surface area contributed by atoms with E-state index in [4.69, 9.17) is 48.4 Å². The Morgan fingerprint density at radius 1 is 0.523 bits per heavy atom. The SMILES string of the molecule is CCNC(=O)Nc1ccc(-c2nc3c(c(N4CCOCC4)n2)CCN(C(=O)OC(C)(C)C)C3CCCC(=O)OCC)cc1.CCNC(=O)Nc1ccc(-c2nc3c(c(N4CCOCC4)n2)CCN(C(=O)OC(C)(C)C)C3CCCC(=O)OCC)cc1. The van der Waals surface area contributed by atoms with E-state index in [2.05, 4.69) is 31.1 Å². The van der Waals surface area contributed by atoms with Gasteiger partial charge in [0.2, 0.25) is 0 Å². The molecular weight excluding hydrogens is 1100 g/mol. The zero-order valence-electron chi connectivity index (χ0n) is 51.8. The zero-order valence-corrected chi connectivity index (χ0v) is 51.8. The van der Waals surface area contributed by atoms with E-state index in [1.165, 1.54) is 0 Å². The van der Waals surface area contributed by atoms with Crippen LogP contribution in [0, 0.1) is 0 Å². The fourth-order valence-corrected chi connectivity index (χ4v) is 10.5. The van der Waals surface area contributed by atoms with Crippen LogP contribution in [0.15, 0.2) is 48.5 Å². The zero-order chi connectivity index (χ0) is 62.0. The summed E-state index contributed by atoms with van der Waals surface area (Å²) < 4.78 is 33.1. The molecule has 24 heteroatoms. The van der Waals surface area contributed by atoms with Gasteiger partial charge in [0.15, 0.2) is 11.6 Å². The van der Waals surface area contributed by atoms with Crippen LogP contribution >= 0.6 is 0 Å². The first kappa shape index (κ1) is 65.7. The maximum Gasteiger partial charge on any atom is 0.410 e. The van der Waals surface area contributed by atoms with Crippen molar-refractivity contribution in [3.8, 4) is 22.8 Å². The number of ether oxygens (including phenoxy) is 6. The lowest BCUT2D eigenvalue weighted by Gasteiger charge is -2.39. The van der Waals surface area contributed by atoms with Gasteiger partial charge in [-0.05, 0) is 156 Å². The molecule has 4 aromatic rings. The van der Waals surface area contributed by atoms with Crippen molar-refractivity contribution in [2.45, 2.75) is 144 Å². The molecule has 6 amide bonds. The third-order valence-corrected chi connectivity index (χ3v) is 14.3. The second-order valence-electron chi connectivity index (χ2n) is 23.1. The normalized spacial score (nSPS) is 16.7. The van der Waals surface area contributed by atoms with Gasteiger partial charge in [-0.1, -0.05) is 0 Å². The molecule has 2 atom stereocenters. The minimum Gasteiger partial charge on any atom is -0.466 e. The monoisotopic (exact) mass is 1190 g/mol. The number of fused-ring (bicyclic) bond motifs is 2. The summed E-state index contributed by atoms with van der Waals surface area (Å²) in [6.45, 7) is 26.2. The van der Waals surface area contributed by atoms with E-state index in [0.717, 1.165) is 45.3 Å². The number of amides is 6. The molecule has 0 aliphatic carbocycles. The van der Waals surface area contributed by atoms with Crippen LogP contribution in [-0.2, 0) is 50.9 Å². The van der Waals surface area contributed by atoms with E-state index in [1.54, 1.807) is 23.6 Å². The fourth-order valence-electron chi connectivity index (χ4n) is 10.5. The van der Waals surface area contributed by atoms with Gasteiger partial charge in [-0.2, -0.15) is 0 Å². The Bertz CT molecular complexity index is 2740. The highest BCUT2D eigenvalue weighted by atomic mass is 16.6. The molecule has 6 heterocycles. The summed E-state index contributed by atoms with van der Waals surface area (Å²) in [6, 6.07) is 13.4. The van der Waals surface area contributed by atoms with E-state index in [0.29, 0.717) is 154 Å². The topological polar surface area (TPSA) is 270 Å². The average Bonchev–Trinajstić information content (AvgIpc) is 0.888. The van der Waals surface area contributed by atoms with E-state index >= 15 is 0 Å². The molecule has 0 bridgehead atoms. The Labute approximate surface area is 505 Å². The van der Waals surface area contributed by atoms with Crippen LogP contribution in [0.4, 0.5) is 42.2 Å². The standard InChI is InChI=1S/2C31H44N6O6/c2*1-6-32-29(39)33-22-13-11-21(12-14-22)27-34-26-23(28(35-27)36-17-19-41-20-18-36)15-16-37(30(40)43-31(3,4)5)24(26)9-8-10-25(38)42-7-2/h2*11-14,24H,6-10,15-20H2,1-5H3,(H2,32,33,39). The predicted octanol–water partition coefficient (Wildman–Crippen LogP) is 9.38. The third-order valence-electron chi connectivity index (χ3n) is 14.3. The summed E-state index contributed by atoms with van der Waals surface area (Å²) in [6.07, 6.45) is 2.90. The Kier molecular flexibility index (Phi) is 23.7. The molecule has 0 saturated carbocycles. The lowest BCUT2D eigenvalue weighted by molar-refractivity contribution is -0.144. The van der Waals surface area contributed by atoms with E-state index in [1.807, 2.05) is 104 Å². The highest BCUT2D eigenvalue weighted by Gasteiger charge is 2.40. The molecule has 0 spiro atoms. The Balaban J connectivity index is 0.000000246. The molecule has 2 fully saturated rings. The molecule has 4 N–H and O–H groups in total. The van der Waals surface area contributed by atoms with Gasteiger partial charge >= 0.3 is 36.2 Å². The Morgan fingerprint density at radius 3 is 1.21 bits per heavy atom. The molecule has 86 heavy (non-hydrogen) atoms. The van der Waals surface area contributed by atoms with Gasteiger partial charge in [-0.3, -0.25) is 19.4 Å². The van der Waals surface area contributed by atoms with Gasteiger partial charge in [-0.25, -0.2) is 39.1 Å². The number of urea groups is 2. The first-order valence-corrected chi connectivity index (χ1v) is 30.3. The van der Waals surface area contributed by atoms with Crippen LogP contribution in [0.2, 0.25) is 0 Å². The highest BCUT2D eigenvalue weighted by molar-refractivity contribution is 5.90. The Hall–Kier alpha value is -7.86. The molecule has 24 nitrogen and oxygen atoms in total. The molecule has 468 valence electrons. The summed E-state index contributed by atoms with van der Waals surface area (Å²) in [7, 11) is 0. The summed E-state index contributed by atoms with van der Waals surface area (Å²) in [4.78, 5) is 103. The van der Waals surface area contributed by atoms with Crippen LogP contribution in [0.25, 0.3) is 22.8 Å². The second kappa shape index (κ2) is 31.0. The van der Waals surface area contributed by atoms with Gasteiger partial charge in [0.05, 0.1) is 63.1 Å². The number of carbonyl (C=O) groups excluding carboxylic acids is 6. The van der Waals surface area contributed by atoms with Crippen molar-refractivity contribution in [3.05, 3.63) is 71.0 Å². The van der Waals surface area contributed by atoms with E-state index in [9.17, 15) is 28.8 Å². The minimum absolute atomic E-state index is 0.246. The van der Waals surface area contributed by atoms with Crippen molar-refractivity contribution in [2.24, 2.45) is 0 Å². The van der Waals surface area contributed by atoms with Crippen molar-refractivity contribution in [2.75, 3.05) is 112 Å². The lowest BCUT2D eigenvalue weighted by atomic mass is 9.93. The fraction of sp³-hybridized carbons (Fsp3) is 0.581. The molecular formula is C62H88N12O12. The molecule has 4 aliphatic heterocycles. The van der Waals surface area contributed by atoms with Crippen LogP contribution in [0.3, 0.4) is 0 Å². The lowest BCUT2D eigenvalue weighted by Crippen LogP contribution is -2.45. The number of nitrogens with zero attached hydrogens (tertiary/aromatic N) is 8. The number of anilines is 4. The quantitative estimate of drug-likeness (QED) is 0.0533. The third kappa shape index (κ3) is 18.6. The maximum atomic E-state index is 13.4. The summed E-state index contributed by atoms with van der Waals surface area (Å²) >= 11 is 0. The summed E-state index contributed by atoms with van der Waals surface area (Å²) in [5, 5.41) is 11.1. The van der Waals surface area contributed by atoms with Crippen LogP contribution in [0.5, 0.6) is 0 Å². The highest BCUT2D eigenvalue weighted by Crippen LogP contribution is 2.41. The van der Waals surface area contributed by atoms with Crippen molar-refractivity contribution >= 4 is 59.2 Å². The molecule has 2 saturated heterocycles. The molecule has 4 aliphatic rings. The molecule has 2 unspecified atom stereocenters. The van der Waals surface area contributed by atoms with Gasteiger partial charge < -0.3 is 59.5 Å². The number of morpholine rings is 2. The van der Waals surface area contributed by atoms with Gasteiger partial charge in [-0.15, -0.1) is 0 Å². The van der Waals surface area contributed by atoms with Crippen LogP contribution in [-0.4, -0.2) is 169 Å². The Morgan fingerprint density at radius 2 is 0.884 bits per heavy atom. The number of hydrogen-bond donors (Lipinski definition) is 4. The number of benzene rings is 2. The predicted molar refractivity (Wildman–Crippen MR) is 326 cm³/mol. The van der Waals surface area contributed by atoms with Crippen molar-refractivity contribution < 1.29 is 57.2 Å². The largest absolute Gasteiger partial charge is 0.466 e. The van der Waals surface area contributed by atoms with Crippen molar-refractivity contribution in [1.29, 1.82) is 0 Å². The van der Waals surface area contributed by atoms with E-state index in [-0.39, 0.29) is 36.8 Å². The van der Waals surface area contributed by atoms with E-state index < -0.39 is 35.5 Å². The number of rotatable bonds is 18. The number of aromatic nitrogens is 4. The number of esters is 2. The molecule has 2 aromatic heterocycles. The molecule has 8 rings (SSSR count). The summed E-state index contributed by atoms with van der Waals surface area (Å²) in [5.74, 6) is 2.19. The molecule has 0 radical (unpaired) electrons. The van der Waals surface area contributed by atoms with Gasteiger partial charge in [0.1, 0.15) is 22.8 Å². The van der Waals surface area contributed by atoms with Crippen molar-refractivity contribution in [1.82, 2.24) is 40.4 Å². The van der Waals surface area contributed by atoms with Crippen molar-refractivity contribution in [3.63, 3.8) is 0 Å². The van der Waals surface area contributed by atoms with Gasteiger partial charge in [0, 0.05) is 98.8 Å². The van der Waals surface area contributed by atoms with Gasteiger partial charge in [0.25, 0.3) is 0 Å². The first-order chi connectivity index (χ1) is 41.2. The summed E-state index contributed by atoms with van der Waals surface area (Å²) in [5.41, 5.74) is 5.05.